The van der Waals surface area contributed by atoms with E-state index in [0.29, 0.717) is 24.1 Å². The molecule has 0 aliphatic heterocycles. The van der Waals surface area contributed by atoms with E-state index < -0.39 is 10.1 Å². The van der Waals surface area contributed by atoms with Gasteiger partial charge in [0.05, 0.1) is 17.6 Å². The molecule has 1 heterocycles. The molecule has 0 unspecified atom stereocenters. The lowest BCUT2D eigenvalue weighted by atomic mass is 10.0. The third-order valence-corrected chi connectivity index (χ3v) is 4.98. The van der Waals surface area contributed by atoms with Gasteiger partial charge in [-0.15, -0.1) is 0 Å². The lowest BCUT2D eigenvalue weighted by molar-refractivity contribution is 0.307. The third-order valence-electron chi connectivity index (χ3n) is 3.80. The quantitative estimate of drug-likeness (QED) is 0.596. The van der Waals surface area contributed by atoms with Crippen LogP contribution < -0.4 is 4.90 Å². The van der Waals surface area contributed by atoms with Crippen LogP contribution >= 0.6 is 15.9 Å². The van der Waals surface area contributed by atoms with Gasteiger partial charge in [0, 0.05) is 16.7 Å². The second-order valence-electron chi connectivity index (χ2n) is 6.38. The largest absolute Gasteiger partial charge is 0.310 e. The highest BCUT2D eigenvalue weighted by Gasteiger charge is 2.16. The van der Waals surface area contributed by atoms with Crippen LogP contribution in [0.3, 0.4) is 0 Å². The van der Waals surface area contributed by atoms with E-state index in [4.69, 9.17) is 4.18 Å². The van der Waals surface area contributed by atoms with E-state index in [9.17, 15) is 8.42 Å². The summed E-state index contributed by atoms with van der Waals surface area (Å²) in [6, 6.07) is 7.96. The molecule has 0 spiro atoms. The number of benzene rings is 1. The SMILES string of the molecule is CCN(c1nc(C)cc(COS(C)(=O)=O)n1)c1ccc(C(C)C)cc1Br. The van der Waals surface area contributed by atoms with Crippen LogP contribution in [0.25, 0.3) is 0 Å². The maximum absolute atomic E-state index is 11.2. The fraction of sp³-hybridized carbons (Fsp3) is 0.444. The van der Waals surface area contributed by atoms with Crippen molar-refractivity contribution in [2.24, 2.45) is 0 Å². The lowest BCUT2D eigenvalue weighted by Crippen LogP contribution is -2.20. The van der Waals surface area contributed by atoms with Gasteiger partial charge in [-0.1, -0.05) is 19.9 Å². The molecule has 2 rings (SSSR count). The average molecular weight is 442 g/mol. The fourth-order valence-corrected chi connectivity index (χ4v) is 3.44. The summed E-state index contributed by atoms with van der Waals surface area (Å²) in [7, 11) is -3.53. The fourth-order valence-electron chi connectivity index (χ4n) is 2.50. The Morgan fingerprint density at radius 3 is 2.46 bits per heavy atom. The Morgan fingerprint density at radius 1 is 1.23 bits per heavy atom. The number of aromatic nitrogens is 2. The molecule has 0 saturated heterocycles. The number of anilines is 2. The topological polar surface area (TPSA) is 72.4 Å². The number of halogens is 1. The first-order valence-electron chi connectivity index (χ1n) is 8.36. The molecule has 0 aliphatic carbocycles. The van der Waals surface area contributed by atoms with Crippen LogP contribution in [-0.2, 0) is 20.9 Å². The summed E-state index contributed by atoms with van der Waals surface area (Å²) in [5, 5.41) is 0. The van der Waals surface area contributed by atoms with Crippen molar-refractivity contribution >= 4 is 37.7 Å². The predicted octanol–water partition coefficient (Wildman–Crippen LogP) is 4.31. The number of hydrogen-bond acceptors (Lipinski definition) is 6. The smallest absolute Gasteiger partial charge is 0.264 e. The summed E-state index contributed by atoms with van der Waals surface area (Å²) in [6.45, 7) is 8.71. The number of nitrogens with zero attached hydrogens (tertiary/aromatic N) is 3. The molecule has 0 saturated carbocycles. The highest BCUT2D eigenvalue weighted by molar-refractivity contribution is 9.10. The van der Waals surface area contributed by atoms with E-state index in [-0.39, 0.29) is 6.61 Å². The second-order valence-corrected chi connectivity index (χ2v) is 8.88. The lowest BCUT2D eigenvalue weighted by Gasteiger charge is -2.24. The van der Waals surface area contributed by atoms with Crippen molar-refractivity contribution in [1.82, 2.24) is 9.97 Å². The van der Waals surface area contributed by atoms with E-state index >= 15 is 0 Å². The van der Waals surface area contributed by atoms with Crippen molar-refractivity contribution in [2.75, 3.05) is 17.7 Å². The first kappa shape index (κ1) is 20.8. The Labute approximate surface area is 163 Å². The van der Waals surface area contributed by atoms with Crippen LogP contribution in [0.2, 0.25) is 0 Å². The monoisotopic (exact) mass is 441 g/mol. The molecule has 0 aliphatic rings. The van der Waals surface area contributed by atoms with E-state index in [1.54, 1.807) is 6.07 Å². The van der Waals surface area contributed by atoms with Gasteiger partial charge in [-0.3, -0.25) is 4.18 Å². The molecule has 1 aromatic carbocycles. The summed E-state index contributed by atoms with van der Waals surface area (Å²) in [4.78, 5) is 11.0. The molecule has 1 aromatic heterocycles. The molecule has 0 bridgehead atoms. The average Bonchev–Trinajstić information content (AvgIpc) is 2.54. The summed E-state index contributed by atoms with van der Waals surface area (Å²) >= 11 is 3.65. The van der Waals surface area contributed by atoms with E-state index in [0.717, 1.165) is 22.1 Å². The van der Waals surface area contributed by atoms with E-state index in [2.05, 4.69) is 51.9 Å². The summed E-state index contributed by atoms with van der Waals surface area (Å²) < 4.78 is 28.3. The van der Waals surface area contributed by atoms with E-state index in [1.165, 1.54) is 5.56 Å². The standard InChI is InChI=1S/C18H24BrN3O3S/c1-6-22(17-8-7-14(12(2)3)10-16(17)19)18-20-13(4)9-15(21-18)11-25-26(5,23)24/h7-10,12H,6,11H2,1-5H3. The number of rotatable bonds is 7. The Balaban J connectivity index is 2.39. The minimum absolute atomic E-state index is 0.111. The molecule has 0 radical (unpaired) electrons. The minimum Gasteiger partial charge on any atom is -0.310 e. The van der Waals surface area contributed by atoms with Crippen molar-refractivity contribution in [3.05, 3.63) is 45.7 Å². The Hall–Kier alpha value is -1.51. The highest BCUT2D eigenvalue weighted by Crippen LogP contribution is 2.33. The molecule has 0 amide bonds. The zero-order valence-corrected chi connectivity index (χ0v) is 18.1. The minimum atomic E-state index is -3.53. The predicted molar refractivity (Wildman–Crippen MR) is 107 cm³/mol. The Morgan fingerprint density at radius 2 is 1.92 bits per heavy atom. The van der Waals surface area contributed by atoms with E-state index in [1.807, 2.05) is 24.8 Å². The van der Waals surface area contributed by atoms with Crippen LogP contribution in [0.15, 0.2) is 28.7 Å². The van der Waals surface area contributed by atoms with Crippen molar-refractivity contribution in [3.63, 3.8) is 0 Å². The van der Waals surface area contributed by atoms with Crippen LogP contribution in [0.5, 0.6) is 0 Å². The zero-order valence-electron chi connectivity index (χ0n) is 15.7. The van der Waals surface area contributed by atoms with Crippen LogP contribution in [0.4, 0.5) is 11.6 Å². The van der Waals surface area contributed by atoms with Gasteiger partial charge >= 0.3 is 0 Å². The third kappa shape index (κ3) is 5.49. The van der Waals surface area contributed by atoms with Crippen LogP contribution in [-0.4, -0.2) is 31.2 Å². The van der Waals surface area contributed by atoms with Gasteiger partial charge in [0.1, 0.15) is 6.61 Å². The molecule has 2 aromatic rings. The summed E-state index contributed by atoms with van der Waals surface area (Å²) in [6.07, 6.45) is 1.02. The highest BCUT2D eigenvalue weighted by atomic mass is 79.9. The van der Waals surface area contributed by atoms with Gasteiger partial charge in [-0.05, 0) is 59.5 Å². The van der Waals surface area contributed by atoms with Crippen LogP contribution in [0, 0.1) is 6.92 Å². The first-order valence-corrected chi connectivity index (χ1v) is 11.0. The molecule has 0 fully saturated rings. The summed E-state index contributed by atoms with van der Waals surface area (Å²) in [5.41, 5.74) is 3.46. The first-order chi connectivity index (χ1) is 12.1. The molecule has 142 valence electrons. The van der Waals surface area contributed by atoms with Gasteiger partial charge < -0.3 is 4.90 Å². The molecule has 8 heteroatoms. The second kappa shape index (κ2) is 8.45. The molecular formula is C18H24BrN3O3S. The summed E-state index contributed by atoms with van der Waals surface area (Å²) in [5.74, 6) is 0.947. The van der Waals surface area contributed by atoms with Gasteiger partial charge in [0.2, 0.25) is 5.95 Å². The Bertz CT molecular complexity index is 885. The van der Waals surface area contributed by atoms with Crippen molar-refractivity contribution in [1.29, 1.82) is 0 Å². The van der Waals surface area contributed by atoms with Gasteiger partial charge in [-0.2, -0.15) is 8.42 Å². The van der Waals surface area contributed by atoms with Crippen molar-refractivity contribution < 1.29 is 12.6 Å². The number of aryl methyl sites for hydroxylation is 1. The van der Waals surface area contributed by atoms with Gasteiger partial charge in [0.25, 0.3) is 10.1 Å². The van der Waals surface area contributed by atoms with Crippen molar-refractivity contribution in [3.8, 4) is 0 Å². The van der Waals surface area contributed by atoms with Gasteiger partial charge in [-0.25, -0.2) is 9.97 Å². The number of hydrogen-bond donors (Lipinski definition) is 0. The molecule has 0 atom stereocenters. The van der Waals surface area contributed by atoms with Crippen molar-refractivity contribution in [2.45, 2.75) is 40.2 Å². The maximum Gasteiger partial charge on any atom is 0.264 e. The molecular weight excluding hydrogens is 418 g/mol. The van der Waals surface area contributed by atoms with Gasteiger partial charge in [0.15, 0.2) is 0 Å². The van der Waals surface area contributed by atoms with Crippen LogP contribution in [0.1, 0.15) is 43.6 Å². The normalized spacial score (nSPS) is 11.8. The molecule has 26 heavy (non-hydrogen) atoms. The molecule has 0 N–H and O–H groups in total. The Kier molecular flexibility index (Phi) is 6.76. The zero-order chi connectivity index (χ0) is 19.5. The maximum atomic E-state index is 11.2. The molecule has 6 nitrogen and oxygen atoms in total.